The second kappa shape index (κ2) is 5.30. The van der Waals surface area contributed by atoms with Gasteiger partial charge in [-0.3, -0.25) is 4.79 Å². The van der Waals surface area contributed by atoms with Crippen LogP contribution >= 0.6 is 8.58 Å². The van der Waals surface area contributed by atoms with Crippen LogP contribution in [0.4, 0.5) is 0 Å². The molecule has 2 heteroatoms. The van der Waals surface area contributed by atoms with E-state index in [0.29, 0.717) is 33.8 Å². The van der Waals surface area contributed by atoms with Crippen LogP contribution in [0.1, 0.15) is 74.7 Å². The Morgan fingerprint density at radius 2 is 1.78 bits per heavy atom. The van der Waals surface area contributed by atoms with Crippen LogP contribution in [0.25, 0.3) is 0 Å². The summed E-state index contributed by atoms with van der Waals surface area (Å²) in [7, 11) is 0.961. The Morgan fingerprint density at radius 1 is 1.17 bits per heavy atom. The van der Waals surface area contributed by atoms with Gasteiger partial charge in [-0.15, -0.1) is 8.58 Å². The van der Waals surface area contributed by atoms with Crippen LogP contribution in [0.3, 0.4) is 0 Å². The van der Waals surface area contributed by atoms with E-state index in [0.717, 1.165) is 26.3 Å². The molecule has 23 heavy (non-hydrogen) atoms. The minimum absolute atomic E-state index is 0.266. The van der Waals surface area contributed by atoms with Gasteiger partial charge in [0.05, 0.1) is 0 Å². The van der Waals surface area contributed by atoms with Gasteiger partial charge < -0.3 is 0 Å². The number of Topliss-reactive ketones (excluding diaryl/α,β-unsaturated/α-hetero) is 1. The van der Waals surface area contributed by atoms with E-state index in [1.165, 1.54) is 19.3 Å². The predicted octanol–water partition coefficient (Wildman–Crippen LogP) is 5.77. The quantitative estimate of drug-likeness (QED) is 0.583. The topological polar surface area (TPSA) is 17.1 Å². The molecule has 0 N–H and O–H groups in total. The Bertz CT molecular complexity index is 510. The standard InChI is InChI=1S/C21H37OP/c1-9-15(12(2)3)13(4)10-14-11-16-18(22)17(14)21(8)20(16,7)19(5,6)23-21/h12-17,23H,9-11H2,1-8H3. The zero-order valence-corrected chi connectivity index (χ0v) is 17.5. The van der Waals surface area contributed by atoms with Crippen molar-refractivity contribution < 1.29 is 4.79 Å². The van der Waals surface area contributed by atoms with Gasteiger partial charge in [-0.1, -0.05) is 61.8 Å². The maximum absolute atomic E-state index is 13.1. The fraction of sp³-hybridized carbons (Fsp3) is 0.952. The first kappa shape index (κ1) is 17.9. The van der Waals surface area contributed by atoms with Crippen LogP contribution in [0, 0.1) is 40.9 Å². The summed E-state index contributed by atoms with van der Waals surface area (Å²) in [5.74, 6) is 4.35. The Labute approximate surface area is 145 Å². The first-order chi connectivity index (χ1) is 10.5. The molecule has 8 atom stereocenters. The highest BCUT2D eigenvalue weighted by molar-refractivity contribution is 7.44. The number of hydrogen-bond acceptors (Lipinski definition) is 1. The SMILES string of the molecule is CCC(C(C)C)C(C)CC1CC2C(=O)C1C1(C)PC(C)(C)C21C. The average Bonchev–Trinajstić information content (AvgIpc) is 2.79. The van der Waals surface area contributed by atoms with Crippen molar-refractivity contribution in [3.8, 4) is 0 Å². The van der Waals surface area contributed by atoms with Gasteiger partial charge in [0.2, 0.25) is 0 Å². The number of carbonyl (C=O) groups is 1. The van der Waals surface area contributed by atoms with Crippen LogP contribution in [0.5, 0.6) is 0 Å². The molecular weight excluding hydrogens is 299 g/mol. The van der Waals surface area contributed by atoms with Crippen LogP contribution in [0.2, 0.25) is 0 Å². The average molecular weight is 337 g/mol. The van der Waals surface area contributed by atoms with E-state index in [1.54, 1.807) is 0 Å². The first-order valence-electron chi connectivity index (χ1n) is 9.84. The monoisotopic (exact) mass is 336 g/mol. The maximum Gasteiger partial charge on any atom is 0.140 e. The number of fused-ring (bicyclic) bond motifs is 5. The normalized spacial score (nSPS) is 47.7. The molecular formula is C21H37OP. The smallest absolute Gasteiger partial charge is 0.140 e. The summed E-state index contributed by atoms with van der Waals surface area (Å²) in [4.78, 5) is 13.1. The molecule has 0 spiro atoms. The van der Waals surface area contributed by atoms with E-state index in [2.05, 4.69) is 55.4 Å². The van der Waals surface area contributed by atoms with Crippen molar-refractivity contribution in [3.05, 3.63) is 0 Å². The molecule has 1 heterocycles. The van der Waals surface area contributed by atoms with Crippen LogP contribution in [-0.4, -0.2) is 16.1 Å². The van der Waals surface area contributed by atoms with Crippen molar-refractivity contribution in [2.45, 2.75) is 85.0 Å². The van der Waals surface area contributed by atoms with Gasteiger partial charge in [0.15, 0.2) is 0 Å². The lowest BCUT2D eigenvalue weighted by Crippen LogP contribution is -2.66. The summed E-state index contributed by atoms with van der Waals surface area (Å²) in [6, 6.07) is 0. The third kappa shape index (κ3) is 2.04. The van der Waals surface area contributed by atoms with E-state index in [9.17, 15) is 4.79 Å². The van der Waals surface area contributed by atoms with E-state index < -0.39 is 0 Å². The molecule has 1 saturated heterocycles. The van der Waals surface area contributed by atoms with Gasteiger partial charge in [0.1, 0.15) is 5.78 Å². The minimum atomic E-state index is 0.266. The molecule has 1 nitrogen and oxygen atoms in total. The van der Waals surface area contributed by atoms with Gasteiger partial charge in [-0.2, -0.15) is 0 Å². The Balaban J connectivity index is 1.79. The zero-order valence-electron chi connectivity index (χ0n) is 16.5. The predicted molar refractivity (Wildman–Crippen MR) is 101 cm³/mol. The van der Waals surface area contributed by atoms with Gasteiger partial charge in [-0.25, -0.2) is 0 Å². The number of ketones is 1. The molecule has 3 aliphatic rings. The van der Waals surface area contributed by atoms with Crippen molar-refractivity contribution in [3.63, 3.8) is 0 Å². The highest BCUT2D eigenvalue weighted by Crippen LogP contribution is 2.84. The van der Waals surface area contributed by atoms with Crippen molar-refractivity contribution in [2.75, 3.05) is 0 Å². The number of carbonyl (C=O) groups excluding carboxylic acids is 1. The molecule has 3 rings (SSSR count). The second-order valence-electron chi connectivity index (χ2n) is 10.1. The second-order valence-corrected chi connectivity index (χ2v) is 12.7. The minimum Gasteiger partial charge on any atom is -0.299 e. The molecule has 0 aromatic carbocycles. The summed E-state index contributed by atoms with van der Waals surface area (Å²) < 4.78 is 0. The van der Waals surface area contributed by atoms with E-state index in [-0.39, 0.29) is 5.41 Å². The van der Waals surface area contributed by atoms with E-state index in [1.807, 2.05) is 0 Å². The molecule has 132 valence electrons. The Hall–Kier alpha value is 0.100. The fourth-order valence-corrected chi connectivity index (χ4v) is 10.5. The summed E-state index contributed by atoms with van der Waals surface area (Å²) >= 11 is 0. The summed E-state index contributed by atoms with van der Waals surface area (Å²) in [6.45, 7) is 19.2. The lowest BCUT2D eigenvalue weighted by atomic mass is 9.56. The molecule has 0 radical (unpaired) electrons. The summed E-state index contributed by atoms with van der Waals surface area (Å²) in [6.07, 6.45) is 3.74. The summed E-state index contributed by atoms with van der Waals surface area (Å²) in [5.41, 5.74) is 0.266. The lowest BCUT2D eigenvalue weighted by molar-refractivity contribution is -0.122. The molecule has 3 fully saturated rings. The molecule has 0 aromatic heterocycles. The molecule has 2 bridgehead atoms. The highest BCUT2D eigenvalue weighted by Gasteiger charge is 2.80. The summed E-state index contributed by atoms with van der Waals surface area (Å²) in [5, 5.41) is 0.678. The third-order valence-electron chi connectivity index (χ3n) is 8.66. The van der Waals surface area contributed by atoms with Crippen LogP contribution in [0.15, 0.2) is 0 Å². The number of rotatable bonds is 5. The molecule has 2 aliphatic carbocycles. The van der Waals surface area contributed by atoms with Crippen molar-refractivity contribution in [2.24, 2.45) is 40.9 Å². The lowest BCUT2D eigenvalue weighted by Gasteiger charge is -2.69. The van der Waals surface area contributed by atoms with Gasteiger partial charge in [-0.05, 0) is 47.1 Å². The third-order valence-corrected chi connectivity index (χ3v) is 11.2. The maximum atomic E-state index is 13.1. The molecule has 1 aliphatic heterocycles. The van der Waals surface area contributed by atoms with E-state index >= 15 is 0 Å². The molecule has 0 amide bonds. The van der Waals surface area contributed by atoms with Crippen molar-refractivity contribution in [1.29, 1.82) is 0 Å². The molecule has 8 unspecified atom stereocenters. The van der Waals surface area contributed by atoms with E-state index in [4.69, 9.17) is 0 Å². The molecule has 0 aromatic rings. The first-order valence-corrected chi connectivity index (χ1v) is 10.8. The van der Waals surface area contributed by atoms with Crippen molar-refractivity contribution >= 4 is 14.4 Å². The fourth-order valence-electron chi connectivity index (χ4n) is 7.39. The van der Waals surface area contributed by atoms with Gasteiger partial charge in [0, 0.05) is 17.0 Å². The van der Waals surface area contributed by atoms with Crippen LogP contribution in [-0.2, 0) is 4.79 Å². The zero-order chi connectivity index (χ0) is 17.4. The van der Waals surface area contributed by atoms with Gasteiger partial charge in [0.25, 0.3) is 0 Å². The van der Waals surface area contributed by atoms with Crippen molar-refractivity contribution in [1.82, 2.24) is 0 Å². The highest BCUT2D eigenvalue weighted by atomic mass is 31.1. The van der Waals surface area contributed by atoms with Crippen LogP contribution < -0.4 is 0 Å². The Kier molecular flexibility index (Phi) is 4.12. The Morgan fingerprint density at radius 3 is 2.22 bits per heavy atom. The number of hydrogen-bond donors (Lipinski definition) is 0. The molecule has 2 saturated carbocycles. The largest absolute Gasteiger partial charge is 0.299 e. The van der Waals surface area contributed by atoms with Gasteiger partial charge >= 0.3 is 0 Å².